The van der Waals surface area contributed by atoms with E-state index in [-0.39, 0.29) is 5.56 Å². The summed E-state index contributed by atoms with van der Waals surface area (Å²) in [5.41, 5.74) is 11.5. The molecule has 5 heteroatoms. The van der Waals surface area contributed by atoms with Crippen LogP contribution in [0.1, 0.15) is 45.0 Å². The molecule has 0 aliphatic carbocycles. The Hall–Kier alpha value is -1.36. The van der Waals surface area contributed by atoms with Gasteiger partial charge in [-0.15, -0.1) is 0 Å². The lowest BCUT2D eigenvalue weighted by molar-refractivity contribution is 0.444. The van der Waals surface area contributed by atoms with Crippen LogP contribution in [0, 0.1) is 0 Å². The maximum Gasteiger partial charge on any atom is 0.256 e. The first-order valence-electron chi connectivity index (χ1n) is 5.60. The van der Waals surface area contributed by atoms with E-state index in [1.807, 2.05) is 20.8 Å². The number of nitrogens with one attached hydrogen (secondary N) is 1. The topological polar surface area (TPSA) is 97.8 Å². The number of anilines is 1. The van der Waals surface area contributed by atoms with Crippen molar-refractivity contribution in [2.75, 3.05) is 5.73 Å². The lowest BCUT2D eigenvalue weighted by Gasteiger charge is -2.22. The predicted molar refractivity (Wildman–Crippen MR) is 65.1 cm³/mol. The molecule has 90 valence electrons. The van der Waals surface area contributed by atoms with E-state index in [1.54, 1.807) is 0 Å². The molecule has 0 saturated carbocycles. The fourth-order valence-electron chi connectivity index (χ4n) is 1.44. The van der Waals surface area contributed by atoms with Crippen LogP contribution in [0.25, 0.3) is 0 Å². The minimum absolute atomic E-state index is 0.172. The van der Waals surface area contributed by atoms with Crippen LogP contribution in [0.5, 0.6) is 0 Å². The van der Waals surface area contributed by atoms with Crippen LogP contribution < -0.4 is 17.0 Å². The highest BCUT2D eigenvalue weighted by atomic mass is 16.1. The van der Waals surface area contributed by atoms with Crippen molar-refractivity contribution in [3.63, 3.8) is 0 Å². The third-order valence-electron chi connectivity index (χ3n) is 2.82. The zero-order valence-corrected chi connectivity index (χ0v) is 10.1. The standard InChI is InChI=1S/C11H20N4O/c1-4-6-7-8(12)14-10(15-9(7)16)11(3,13)5-2/h4-6,13H2,1-3H3,(H3,12,14,15,16). The van der Waals surface area contributed by atoms with Gasteiger partial charge in [0.25, 0.3) is 5.56 Å². The van der Waals surface area contributed by atoms with E-state index in [2.05, 4.69) is 9.97 Å². The van der Waals surface area contributed by atoms with E-state index < -0.39 is 5.54 Å². The lowest BCUT2D eigenvalue weighted by atomic mass is 9.99. The van der Waals surface area contributed by atoms with Gasteiger partial charge in [0, 0.05) is 0 Å². The normalized spacial score (nSPS) is 14.8. The fourth-order valence-corrected chi connectivity index (χ4v) is 1.44. The number of H-pyrrole nitrogens is 1. The van der Waals surface area contributed by atoms with Gasteiger partial charge in [-0.2, -0.15) is 0 Å². The maximum atomic E-state index is 11.8. The van der Waals surface area contributed by atoms with Crippen LogP contribution >= 0.6 is 0 Å². The SMILES string of the molecule is CCCc1c(N)nc(C(C)(N)CC)[nH]c1=O. The first-order valence-corrected chi connectivity index (χ1v) is 5.60. The van der Waals surface area contributed by atoms with Gasteiger partial charge < -0.3 is 16.5 Å². The molecule has 0 saturated heterocycles. The van der Waals surface area contributed by atoms with Crippen LogP contribution in [0.2, 0.25) is 0 Å². The Morgan fingerprint density at radius 2 is 2.06 bits per heavy atom. The van der Waals surface area contributed by atoms with Gasteiger partial charge in [-0.25, -0.2) is 4.98 Å². The third kappa shape index (κ3) is 2.41. The van der Waals surface area contributed by atoms with Gasteiger partial charge in [-0.1, -0.05) is 20.3 Å². The smallest absolute Gasteiger partial charge is 0.256 e. The summed E-state index contributed by atoms with van der Waals surface area (Å²) in [5.74, 6) is 0.753. The summed E-state index contributed by atoms with van der Waals surface area (Å²) in [6.07, 6.45) is 2.19. The minimum atomic E-state index is -0.641. The zero-order chi connectivity index (χ0) is 12.3. The number of hydrogen-bond acceptors (Lipinski definition) is 4. The molecule has 0 radical (unpaired) electrons. The Bertz CT molecular complexity index is 422. The summed E-state index contributed by atoms with van der Waals surface area (Å²) >= 11 is 0. The molecule has 0 fully saturated rings. The Morgan fingerprint density at radius 3 is 2.50 bits per heavy atom. The summed E-state index contributed by atoms with van der Waals surface area (Å²) in [4.78, 5) is 18.7. The predicted octanol–water partition coefficient (Wildman–Crippen LogP) is 0.888. The molecule has 5 nitrogen and oxygen atoms in total. The van der Waals surface area contributed by atoms with E-state index in [0.717, 1.165) is 6.42 Å². The molecule has 1 aromatic rings. The number of nitrogens with zero attached hydrogens (tertiary/aromatic N) is 1. The van der Waals surface area contributed by atoms with Crippen LogP contribution in [-0.2, 0) is 12.0 Å². The Labute approximate surface area is 95.3 Å². The molecule has 1 heterocycles. The van der Waals surface area contributed by atoms with E-state index in [4.69, 9.17) is 11.5 Å². The molecule has 0 aromatic carbocycles. The molecular weight excluding hydrogens is 204 g/mol. The maximum absolute atomic E-state index is 11.8. The number of aromatic amines is 1. The Kier molecular flexibility index (Phi) is 3.70. The lowest BCUT2D eigenvalue weighted by Crippen LogP contribution is -2.37. The average Bonchev–Trinajstić information content (AvgIpc) is 2.23. The van der Waals surface area contributed by atoms with Gasteiger partial charge in [0.15, 0.2) is 0 Å². The zero-order valence-electron chi connectivity index (χ0n) is 10.1. The second kappa shape index (κ2) is 4.65. The van der Waals surface area contributed by atoms with E-state index in [0.29, 0.717) is 30.0 Å². The second-order valence-corrected chi connectivity index (χ2v) is 4.30. The summed E-state index contributed by atoms with van der Waals surface area (Å²) in [5, 5.41) is 0. The molecule has 0 aliphatic rings. The van der Waals surface area contributed by atoms with Crippen LogP contribution in [0.15, 0.2) is 4.79 Å². The molecule has 16 heavy (non-hydrogen) atoms. The van der Waals surface area contributed by atoms with Gasteiger partial charge in [0.1, 0.15) is 11.6 Å². The fraction of sp³-hybridized carbons (Fsp3) is 0.636. The largest absolute Gasteiger partial charge is 0.383 e. The molecule has 0 spiro atoms. The van der Waals surface area contributed by atoms with Crippen molar-refractivity contribution in [2.45, 2.75) is 45.6 Å². The summed E-state index contributed by atoms with van der Waals surface area (Å²) in [7, 11) is 0. The number of hydrogen-bond donors (Lipinski definition) is 3. The second-order valence-electron chi connectivity index (χ2n) is 4.30. The number of nitrogen functional groups attached to an aromatic ring is 1. The van der Waals surface area contributed by atoms with Crippen LogP contribution in [0.4, 0.5) is 5.82 Å². The average molecular weight is 224 g/mol. The highest BCUT2D eigenvalue weighted by molar-refractivity contribution is 5.38. The molecule has 0 aliphatic heterocycles. The Morgan fingerprint density at radius 1 is 1.44 bits per heavy atom. The first kappa shape index (κ1) is 12.7. The number of nitrogens with two attached hydrogens (primary N) is 2. The van der Waals surface area contributed by atoms with Gasteiger partial charge in [-0.3, -0.25) is 4.79 Å². The number of rotatable bonds is 4. The molecule has 1 aromatic heterocycles. The molecular formula is C11H20N4O. The molecule has 5 N–H and O–H groups in total. The van der Waals surface area contributed by atoms with Crippen molar-refractivity contribution in [3.8, 4) is 0 Å². The van der Waals surface area contributed by atoms with Crippen molar-refractivity contribution < 1.29 is 0 Å². The molecule has 0 bridgehead atoms. The van der Waals surface area contributed by atoms with Crippen molar-refractivity contribution >= 4 is 5.82 Å². The van der Waals surface area contributed by atoms with Crippen molar-refractivity contribution in [2.24, 2.45) is 5.73 Å². The van der Waals surface area contributed by atoms with Crippen molar-refractivity contribution in [1.29, 1.82) is 0 Å². The van der Waals surface area contributed by atoms with Gasteiger partial charge in [0.05, 0.1) is 11.1 Å². The van der Waals surface area contributed by atoms with Gasteiger partial charge in [0.2, 0.25) is 0 Å². The molecule has 0 amide bonds. The number of aromatic nitrogens is 2. The van der Waals surface area contributed by atoms with Gasteiger partial charge in [-0.05, 0) is 19.8 Å². The highest BCUT2D eigenvalue weighted by Gasteiger charge is 2.23. The van der Waals surface area contributed by atoms with Crippen LogP contribution in [-0.4, -0.2) is 9.97 Å². The van der Waals surface area contributed by atoms with E-state index in [9.17, 15) is 4.79 Å². The van der Waals surface area contributed by atoms with Crippen LogP contribution in [0.3, 0.4) is 0 Å². The van der Waals surface area contributed by atoms with Crippen molar-refractivity contribution in [1.82, 2.24) is 9.97 Å². The van der Waals surface area contributed by atoms with E-state index in [1.165, 1.54) is 0 Å². The monoisotopic (exact) mass is 224 g/mol. The Balaban J connectivity index is 3.25. The molecule has 1 rings (SSSR count). The molecule has 1 unspecified atom stereocenters. The highest BCUT2D eigenvalue weighted by Crippen LogP contribution is 2.17. The quantitative estimate of drug-likeness (QED) is 0.707. The van der Waals surface area contributed by atoms with E-state index >= 15 is 0 Å². The minimum Gasteiger partial charge on any atom is -0.383 e. The third-order valence-corrected chi connectivity index (χ3v) is 2.82. The first-order chi connectivity index (χ1) is 7.42. The van der Waals surface area contributed by atoms with Gasteiger partial charge >= 0.3 is 0 Å². The summed E-state index contributed by atoms with van der Waals surface area (Å²) in [6, 6.07) is 0. The summed E-state index contributed by atoms with van der Waals surface area (Å²) in [6.45, 7) is 5.76. The van der Waals surface area contributed by atoms with Crippen molar-refractivity contribution in [3.05, 3.63) is 21.7 Å². The molecule has 1 atom stereocenters. The summed E-state index contributed by atoms with van der Waals surface area (Å²) < 4.78 is 0.